The zero-order valence-electron chi connectivity index (χ0n) is 11.3. The van der Waals surface area contributed by atoms with Crippen molar-refractivity contribution in [1.82, 2.24) is 0 Å². The third kappa shape index (κ3) is 2.95. The highest BCUT2D eigenvalue weighted by molar-refractivity contribution is 5.36. The molecule has 0 bridgehead atoms. The Hall–Kier alpha value is -1.81. The summed E-state index contributed by atoms with van der Waals surface area (Å²) < 4.78 is 37.6. The normalized spacial score (nSPS) is 16.8. The summed E-state index contributed by atoms with van der Waals surface area (Å²) in [5.41, 5.74) is 1.40. The van der Waals surface area contributed by atoms with E-state index in [4.69, 9.17) is 0 Å². The van der Waals surface area contributed by atoms with E-state index in [0.717, 1.165) is 28.8 Å². The predicted molar refractivity (Wildman–Crippen MR) is 73.9 cm³/mol. The van der Waals surface area contributed by atoms with Crippen molar-refractivity contribution in [3.63, 3.8) is 0 Å². The Kier molecular flexibility index (Phi) is 3.29. The zero-order valence-corrected chi connectivity index (χ0v) is 11.3. The standard InChI is InChI=1S/C17H15F3O/c18-17(19,20)15-7-5-12(6-8-15)9-16(21)10-13-3-1-2-4-14(13)11-16/h1-8,21H,9-11H2. The molecule has 1 aliphatic carbocycles. The molecular formula is C17H15F3O. The fourth-order valence-electron chi connectivity index (χ4n) is 2.99. The van der Waals surface area contributed by atoms with Crippen molar-refractivity contribution in [3.8, 4) is 0 Å². The SMILES string of the molecule is OC1(Cc2ccc(C(F)(F)F)cc2)Cc2ccccc2C1. The van der Waals surface area contributed by atoms with Crippen molar-refractivity contribution in [2.75, 3.05) is 0 Å². The molecule has 0 spiro atoms. The van der Waals surface area contributed by atoms with Crippen LogP contribution in [0.5, 0.6) is 0 Å². The molecule has 0 aromatic heterocycles. The summed E-state index contributed by atoms with van der Waals surface area (Å²) in [6, 6.07) is 12.9. The zero-order chi connectivity index (χ0) is 15.1. The Morgan fingerprint density at radius 3 is 1.90 bits per heavy atom. The number of benzene rings is 2. The van der Waals surface area contributed by atoms with E-state index in [1.165, 1.54) is 12.1 Å². The molecule has 3 rings (SSSR count). The number of aliphatic hydroxyl groups is 1. The Morgan fingerprint density at radius 2 is 1.43 bits per heavy atom. The van der Waals surface area contributed by atoms with Gasteiger partial charge in [0.2, 0.25) is 0 Å². The highest BCUT2D eigenvalue weighted by atomic mass is 19.4. The Morgan fingerprint density at radius 1 is 0.905 bits per heavy atom. The lowest BCUT2D eigenvalue weighted by Gasteiger charge is -2.22. The molecule has 21 heavy (non-hydrogen) atoms. The van der Waals surface area contributed by atoms with E-state index in [1.54, 1.807) is 0 Å². The number of halogens is 3. The quantitative estimate of drug-likeness (QED) is 0.893. The van der Waals surface area contributed by atoms with Crippen molar-refractivity contribution in [2.24, 2.45) is 0 Å². The second-order valence-electron chi connectivity index (χ2n) is 5.72. The Balaban J connectivity index is 1.76. The van der Waals surface area contributed by atoms with Gasteiger partial charge in [-0.15, -0.1) is 0 Å². The number of fused-ring (bicyclic) bond motifs is 1. The van der Waals surface area contributed by atoms with Crippen LogP contribution in [0.25, 0.3) is 0 Å². The third-order valence-electron chi connectivity index (χ3n) is 3.97. The van der Waals surface area contributed by atoms with Crippen LogP contribution >= 0.6 is 0 Å². The van der Waals surface area contributed by atoms with Gasteiger partial charge in [0.1, 0.15) is 0 Å². The molecule has 0 saturated carbocycles. The predicted octanol–water partition coefficient (Wildman–Crippen LogP) is 3.78. The van der Waals surface area contributed by atoms with E-state index in [0.29, 0.717) is 19.3 Å². The van der Waals surface area contributed by atoms with Crippen molar-refractivity contribution < 1.29 is 18.3 Å². The van der Waals surface area contributed by atoms with Crippen molar-refractivity contribution >= 4 is 0 Å². The van der Waals surface area contributed by atoms with Crippen molar-refractivity contribution in [1.29, 1.82) is 0 Å². The molecule has 4 heteroatoms. The molecular weight excluding hydrogens is 277 g/mol. The van der Waals surface area contributed by atoms with Crippen LogP contribution in [-0.4, -0.2) is 10.7 Å². The van der Waals surface area contributed by atoms with Gasteiger partial charge in [-0.2, -0.15) is 13.2 Å². The van der Waals surface area contributed by atoms with Gasteiger partial charge in [-0.05, 0) is 28.8 Å². The topological polar surface area (TPSA) is 20.2 Å². The number of rotatable bonds is 2. The summed E-state index contributed by atoms with van der Waals surface area (Å²) in [6.07, 6.45) is -2.87. The average Bonchev–Trinajstić information content (AvgIpc) is 2.73. The molecule has 1 nitrogen and oxygen atoms in total. The summed E-state index contributed by atoms with van der Waals surface area (Å²) >= 11 is 0. The third-order valence-corrected chi connectivity index (χ3v) is 3.97. The number of hydrogen-bond donors (Lipinski definition) is 1. The maximum Gasteiger partial charge on any atom is 0.416 e. The van der Waals surface area contributed by atoms with Crippen molar-refractivity contribution in [2.45, 2.75) is 31.0 Å². The van der Waals surface area contributed by atoms with E-state index in [2.05, 4.69) is 0 Å². The van der Waals surface area contributed by atoms with E-state index in [-0.39, 0.29) is 0 Å². The van der Waals surface area contributed by atoms with Gasteiger partial charge in [0, 0.05) is 19.3 Å². The molecule has 2 aromatic rings. The molecule has 0 atom stereocenters. The van der Waals surface area contributed by atoms with Crippen LogP contribution in [0.2, 0.25) is 0 Å². The molecule has 0 saturated heterocycles. The number of alkyl halides is 3. The summed E-state index contributed by atoms with van der Waals surface area (Å²) in [7, 11) is 0. The average molecular weight is 292 g/mol. The van der Waals surface area contributed by atoms with Gasteiger partial charge in [-0.3, -0.25) is 0 Å². The van der Waals surface area contributed by atoms with Gasteiger partial charge in [0.05, 0.1) is 11.2 Å². The summed E-state index contributed by atoms with van der Waals surface area (Å²) in [6.45, 7) is 0. The van der Waals surface area contributed by atoms with E-state index >= 15 is 0 Å². The van der Waals surface area contributed by atoms with Gasteiger partial charge in [-0.1, -0.05) is 36.4 Å². The van der Waals surface area contributed by atoms with Crippen LogP contribution in [-0.2, 0) is 25.4 Å². The van der Waals surface area contributed by atoms with Gasteiger partial charge in [-0.25, -0.2) is 0 Å². The molecule has 1 N–H and O–H groups in total. The summed E-state index contributed by atoms with van der Waals surface area (Å²) in [5, 5.41) is 10.7. The minimum atomic E-state index is -4.32. The first-order chi connectivity index (χ1) is 9.86. The monoisotopic (exact) mass is 292 g/mol. The van der Waals surface area contributed by atoms with Crippen molar-refractivity contribution in [3.05, 3.63) is 70.8 Å². The van der Waals surface area contributed by atoms with E-state index < -0.39 is 17.3 Å². The van der Waals surface area contributed by atoms with Crippen LogP contribution in [0.3, 0.4) is 0 Å². The maximum atomic E-state index is 12.5. The number of hydrogen-bond acceptors (Lipinski definition) is 1. The van der Waals surface area contributed by atoms with Gasteiger partial charge in [0.15, 0.2) is 0 Å². The molecule has 0 fully saturated rings. The first-order valence-electron chi connectivity index (χ1n) is 6.81. The lowest BCUT2D eigenvalue weighted by Crippen LogP contribution is -2.32. The summed E-state index contributed by atoms with van der Waals surface area (Å²) in [5.74, 6) is 0. The van der Waals surface area contributed by atoms with Gasteiger partial charge in [0.25, 0.3) is 0 Å². The van der Waals surface area contributed by atoms with Gasteiger partial charge >= 0.3 is 6.18 Å². The molecule has 0 radical (unpaired) electrons. The van der Waals surface area contributed by atoms with Crippen LogP contribution in [0.15, 0.2) is 48.5 Å². The largest absolute Gasteiger partial charge is 0.416 e. The minimum Gasteiger partial charge on any atom is -0.389 e. The molecule has 0 aliphatic heterocycles. The fourth-order valence-corrected chi connectivity index (χ4v) is 2.99. The first-order valence-corrected chi connectivity index (χ1v) is 6.81. The summed E-state index contributed by atoms with van der Waals surface area (Å²) in [4.78, 5) is 0. The fraction of sp³-hybridized carbons (Fsp3) is 0.294. The first kappa shape index (κ1) is 14.1. The molecule has 1 aliphatic rings. The second-order valence-corrected chi connectivity index (χ2v) is 5.72. The second kappa shape index (κ2) is 4.88. The Bertz CT molecular complexity index is 619. The van der Waals surface area contributed by atoms with Crippen LogP contribution in [0, 0.1) is 0 Å². The molecule has 2 aromatic carbocycles. The van der Waals surface area contributed by atoms with E-state index in [9.17, 15) is 18.3 Å². The molecule has 0 heterocycles. The minimum absolute atomic E-state index is 0.361. The van der Waals surface area contributed by atoms with Crippen LogP contribution in [0.1, 0.15) is 22.3 Å². The van der Waals surface area contributed by atoms with Gasteiger partial charge < -0.3 is 5.11 Å². The molecule has 0 amide bonds. The highest BCUT2D eigenvalue weighted by Crippen LogP contribution is 2.34. The van der Waals surface area contributed by atoms with Crippen LogP contribution in [0.4, 0.5) is 13.2 Å². The maximum absolute atomic E-state index is 12.5. The lowest BCUT2D eigenvalue weighted by atomic mass is 9.91. The molecule has 110 valence electrons. The highest BCUT2D eigenvalue weighted by Gasteiger charge is 2.35. The Labute approximate surface area is 121 Å². The molecule has 0 unspecified atom stereocenters. The smallest absolute Gasteiger partial charge is 0.389 e. The van der Waals surface area contributed by atoms with Crippen LogP contribution < -0.4 is 0 Å². The lowest BCUT2D eigenvalue weighted by molar-refractivity contribution is -0.137. The van der Waals surface area contributed by atoms with E-state index in [1.807, 2.05) is 24.3 Å².